The number of thiophene rings is 1. The van der Waals surface area contributed by atoms with Crippen molar-refractivity contribution >= 4 is 53.2 Å². The molecule has 11 aromatic rings. The van der Waals surface area contributed by atoms with Gasteiger partial charge in [-0.15, -0.1) is 11.3 Å². The number of benzene rings is 8. The van der Waals surface area contributed by atoms with Gasteiger partial charge in [0, 0.05) is 58.6 Å². The minimum absolute atomic E-state index is 0.688. The van der Waals surface area contributed by atoms with Gasteiger partial charge < -0.3 is 0 Å². The number of hydrogen-bond donors (Lipinski definition) is 0. The maximum Gasteiger partial charge on any atom is 0.160 e. The zero-order chi connectivity index (χ0) is 37.7. The fourth-order valence-corrected chi connectivity index (χ4v) is 9.28. The monoisotopic (exact) mass is 743 g/mol. The average molecular weight is 744 g/mol. The van der Waals surface area contributed by atoms with Gasteiger partial charge in [0.15, 0.2) is 5.82 Å². The second-order valence-electron chi connectivity index (χ2n) is 14.4. The van der Waals surface area contributed by atoms with Crippen LogP contribution >= 0.6 is 11.3 Å². The fourth-order valence-electron chi connectivity index (χ4n) is 8.01. The van der Waals surface area contributed by atoms with E-state index in [1.807, 2.05) is 23.5 Å². The highest BCUT2D eigenvalue weighted by atomic mass is 32.1. The molecule has 3 aromatic heterocycles. The summed E-state index contributed by atoms with van der Waals surface area (Å²) in [4.78, 5) is 15.6. The van der Waals surface area contributed by atoms with Crippen LogP contribution in [0.3, 0.4) is 0 Å². The molecule has 0 amide bonds. The molecule has 0 radical (unpaired) electrons. The lowest BCUT2D eigenvalue weighted by Gasteiger charge is -2.13. The highest BCUT2D eigenvalue weighted by Crippen LogP contribution is 2.43. The minimum atomic E-state index is 0.688. The zero-order valence-electron chi connectivity index (χ0n) is 30.8. The van der Waals surface area contributed by atoms with Crippen molar-refractivity contribution in [3.63, 3.8) is 0 Å². The molecule has 3 nitrogen and oxygen atoms in total. The van der Waals surface area contributed by atoms with E-state index in [2.05, 4.69) is 188 Å². The number of aromatic nitrogens is 3. The van der Waals surface area contributed by atoms with Gasteiger partial charge in [-0.3, -0.25) is 0 Å². The Morgan fingerprint density at radius 3 is 1.42 bits per heavy atom. The smallest absolute Gasteiger partial charge is 0.160 e. The van der Waals surface area contributed by atoms with Crippen molar-refractivity contribution in [2.45, 2.75) is 0 Å². The van der Waals surface area contributed by atoms with Crippen LogP contribution < -0.4 is 0 Å². The summed E-state index contributed by atoms with van der Waals surface area (Å²) in [7, 11) is 0. The summed E-state index contributed by atoms with van der Waals surface area (Å²) in [5.41, 5.74) is 12.5. The van der Waals surface area contributed by atoms with Gasteiger partial charge in [-0.05, 0) is 40.5 Å². The molecule has 0 aliphatic heterocycles. The maximum absolute atomic E-state index is 5.28. The van der Waals surface area contributed by atoms with E-state index in [4.69, 9.17) is 15.0 Å². The molecule has 0 N–H and O–H groups in total. The molecule has 0 spiro atoms. The van der Waals surface area contributed by atoms with Crippen LogP contribution in [0.25, 0.3) is 109 Å². The summed E-state index contributed by atoms with van der Waals surface area (Å²) < 4.78 is 2.61. The molecule has 4 heteroatoms. The largest absolute Gasteiger partial charge is 0.247 e. The van der Waals surface area contributed by atoms with Crippen molar-refractivity contribution in [2.24, 2.45) is 0 Å². The van der Waals surface area contributed by atoms with Gasteiger partial charge in [-0.2, -0.15) is 0 Å². The van der Waals surface area contributed by atoms with Crippen molar-refractivity contribution in [3.8, 4) is 67.4 Å². The van der Waals surface area contributed by atoms with E-state index in [0.29, 0.717) is 5.82 Å². The Balaban J connectivity index is 1.02. The van der Waals surface area contributed by atoms with Gasteiger partial charge in [0.05, 0.1) is 22.6 Å². The molecule has 0 aliphatic carbocycles. The van der Waals surface area contributed by atoms with E-state index in [1.54, 1.807) is 0 Å². The summed E-state index contributed by atoms with van der Waals surface area (Å²) >= 11 is 1.87. The predicted octanol–water partition coefficient (Wildman–Crippen LogP) is 14.5. The van der Waals surface area contributed by atoms with Crippen LogP contribution in [0.5, 0.6) is 0 Å². The molecule has 0 aliphatic rings. The van der Waals surface area contributed by atoms with E-state index in [-0.39, 0.29) is 0 Å². The number of hydrogen-bond acceptors (Lipinski definition) is 4. The first kappa shape index (κ1) is 33.1. The normalized spacial score (nSPS) is 11.5. The first-order chi connectivity index (χ1) is 28.2. The lowest BCUT2D eigenvalue weighted by molar-refractivity contribution is 1.18. The Bertz CT molecular complexity index is 3140. The highest BCUT2D eigenvalue weighted by Gasteiger charge is 2.17. The Kier molecular flexibility index (Phi) is 8.01. The van der Waals surface area contributed by atoms with Crippen LogP contribution in [0.1, 0.15) is 0 Å². The van der Waals surface area contributed by atoms with Crippen LogP contribution in [0.4, 0.5) is 0 Å². The number of para-hydroxylation sites is 1. The van der Waals surface area contributed by atoms with Gasteiger partial charge in [0.2, 0.25) is 0 Å². The van der Waals surface area contributed by atoms with Crippen molar-refractivity contribution < 1.29 is 0 Å². The van der Waals surface area contributed by atoms with E-state index < -0.39 is 0 Å². The molecule has 266 valence electrons. The Hall–Kier alpha value is -7.27. The number of pyridine rings is 1. The van der Waals surface area contributed by atoms with Crippen LogP contribution in [0.2, 0.25) is 0 Å². The third kappa shape index (κ3) is 5.95. The van der Waals surface area contributed by atoms with Crippen molar-refractivity contribution in [2.75, 3.05) is 0 Å². The minimum Gasteiger partial charge on any atom is -0.247 e. The molecule has 57 heavy (non-hydrogen) atoms. The van der Waals surface area contributed by atoms with E-state index >= 15 is 0 Å². The SMILES string of the molecule is c1ccc(-c2ccc(-c3cc(-c4ccc(-c5nc6ccccc6c6c5ccc5c7ccccc7sc56)cc4)nc(-c4ccc(-c5ccccc5)cc4)n3)cc2)cc1. The van der Waals surface area contributed by atoms with E-state index in [9.17, 15) is 0 Å². The summed E-state index contributed by atoms with van der Waals surface area (Å²) in [6.45, 7) is 0. The molecule has 0 saturated carbocycles. The zero-order valence-corrected chi connectivity index (χ0v) is 31.6. The summed E-state index contributed by atoms with van der Waals surface area (Å²) in [6.07, 6.45) is 0. The molecular formula is C53H33N3S. The molecule has 3 heterocycles. The molecule has 0 saturated heterocycles. The number of nitrogens with zero attached hydrogens (tertiary/aromatic N) is 3. The molecular weight excluding hydrogens is 711 g/mol. The summed E-state index contributed by atoms with van der Waals surface area (Å²) in [5.74, 6) is 0.688. The quantitative estimate of drug-likeness (QED) is 0.159. The predicted molar refractivity (Wildman–Crippen MR) is 240 cm³/mol. The van der Waals surface area contributed by atoms with Gasteiger partial charge in [-0.1, -0.05) is 182 Å². The lowest BCUT2D eigenvalue weighted by atomic mass is 9.97. The maximum atomic E-state index is 5.28. The van der Waals surface area contributed by atoms with Crippen LogP contribution in [0.15, 0.2) is 200 Å². The molecule has 0 atom stereocenters. The number of rotatable bonds is 6. The topological polar surface area (TPSA) is 38.7 Å². The van der Waals surface area contributed by atoms with Gasteiger partial charge in [-0.25, -0.2) is 15.0 Å². The standard InChI is InChI=1S/C53H33N3S/c1-3-11-34(12-4-1)36-19-23-38(24-20-36)47-33-48(56-53(55-47)41-29-21-37(22-30-41)35-13-5-2-6-14-35)39-25-27-40(28-26-39)51-45-32-31-43-42-15-8-10-18-49(42)57-52(43)50(45)44-16-7-9-17-46(44)54-51/h1-33H. The molecule has 8 aromatic carbocycles. The lowest BCUT2D eigenvalue weighted by Crippen LogP contribution is -1.96. The molecule has 11 rings (SSSR count). The Labute approximate surface area is 334 Å². The summed E-state index contributed by atoms with van der Waals surface area (Å²) in [5, 5.41) is 6.19. The average Bonchev–Trinajstić information content (AvgIpc) is 3.68. The van der Waals surface area contributed by atoms with Crippen LogP contribution in [-0.4, -0.2) is 15.0 Å². The second kappa shape index (κ2) is 13.8. The van der Waals surface area contributed by atoms with E-state index in [1.165, 1.54) is 47.6 Å². The van der Waals surface area contributed by atoms with E-state index in [0.717, 1.165) is 55.8 Å². The third-order valence-corrected chi connectivity index (χ3v) is 12.1. The second-order valence-corrected chi connectivity index (χ2v) is 15.4. The van der Waals surface area contributed by atoms with Crippen molar-refractivity contribution in [1.29, 1.82) is 0 Å². The summed E-state index contributed by atoms with van der Waals surface area (Å²) in [6, 6.07) is 70.7. The van der Waals surface area contributed by atoms with Gasteiger partial charge in [0.1, 0.15) is 0 Å². The first-order valence-corrected chi connectivity index (χ1v) is 20.0. The van der Waals surface area contributed by atoms with Crippen molar-refractivity contribution in [1.82, 2.24) is 15.0 Å². The first-order valence-electron chi connectivity index (χ1n) is 19.2. The molecule has 0 bridgehead atoms. The van der Waals surface area contributed by atoms with Gasteiger partial charge in [0.25, 0.3) is 0 Å². The van der Waals surface area contributed by atoms with Crippen LogP contribution in [0, 0.1) is 0 Å². The molecule has 0 unspecified atom stereocenters. The Morgan fingerprint density at radius 1 is 0.316 bits per heavy atom. The highest BCUT2D eigenvalue weighted by molar-refractivity contribution is 7.26. The third-order valence-electron chi connectivity index (χ3n) is 10.9. The Morgan fingerprint density at radius 2 is 0.789 bits per heavy atom. The number of fused-ring (bicyclic) bond motifs is 7. The van der Waals surface area contributed by atoms with Crippen LogP contribution in [-0.2, 0) is 0 Å². The van der Waals surface area contributed by atoms with Gasteiger partial charge >= 0.3 is 0 Å². The fraction of sp³-hybridized carbons (Fsp3) is 0. The molecule has 0 fully saturated rings. The van der Waals surface area contributed by atoms with Crippen molar-refractivity contribution in [3.05, 3.63) is 200 Å².